The number of azo groups is 1. The van der Waals surface area contributed by atoms with Gasteiger partial charge in [-0.05, 0) is 31.2 Å². The van der Waals surface area contributed by atoms with Crippen LogP contribution in [0, 0.1) is 6.92 Å². The Balaban J connectivity index is 1.75. The van der Waals surface area contributed by atoms with Gasteiger partial charge in [-0.2, -0.15) is 5.11 Å². The first-order valence-corrected chi connectivity index (χ1v) is 6.50. The smallest absolute Gasteiger partial charge is 0.247 e. The van der Waals surface area contributed by atoms with Crippen LogP contribution < -0.4 is 0 Å². The third-order valence-electron chi connectivity index (χ3n) is 2.56. The minimum atomic E-state index is 0.560. The number of H-pyrrole nitrogens is 1. The number of rotatable bonds is 3. The van der Waals surface area contributed by atoms with Gasteiger partial charge in [0.2, 0.25) is 5.95 Å². The third-order valence-corrected chi connectivity index (χ3v) is 3.55. The number of aromatic amines is 1. The molecular formula is C13H12N4S. The van der Waals surface area contributed by atoms with Gasteiger partial charge in [0, 0.05) is 9.75 Å². The van der Waals surface area contributed by atoms with E-state index in [2.05, 4.69) is 39.3 Å². The second-order valence-corrected chi connectivity index (χ2v) is 5.36. The minimum absolute atomic E-state index is 0.560. The molecule has 0 fully saturated rings. The van der Waals surface area contributed by atoms with Crippen molar-refractivity contribution < 1.29 is 0 Å². The molecule has 4 nitrogen and oxygen atoms in total. The molecule has 0 amide bonds. The number of benzene rings is 1. The molecule has 3 rings (SSSR count). The van der Waals surface area contributed by atoms with E-state index < -0.39 is 0 Å². The second kappa shape index (κ2) is 4.70. The highest BCUT2D eigenvalue weighted by Crippen LogP contribution is 2.18. The Morgan fingerprint density at radius 3 is 2.89 bits per heavy atom. The van der Waals surface area contributed by atoms with Gasteiger partial charge in [-0.25, -0.2) is 4.98 Å². The molecule has 2 heterocycles. The van der Waals surface area contributed by atoms with Crippen LogP contribution in [0.15, 0.2) is 46.6 Å². The van der Waals surface area contributed by atoms with Crippen LogP contribution in [0.4, 0.5) is 5.95 Å². The summed E-state index contributed by atoms with van der Waals surface area (Å²) < 4.78 is 0. The van der Waals surface area contributed by atoms with E-state index in [0.717, 1.165) is 11.0 Å². The molecule has 0 aliphatic heterocycles. The zero-order valence-electron chi connectivity index (χ0n) is 9.92. The average molecular weight is 256 g/mol. The maximum absolute atomic E-state index is 4.34. The van der Waals surface area contributed by atoms with E-state index in [1.54, 1.807) is 11.3 Å². The number of aromatic nitrogens is 2. The standard InChI is InChI=1S/C13H12N4S/c1-9-6-7-10(18-9)8-14-17-13-15-11-4-2-3-5-12(11)16-13/h2-7H,8H2,1H3,(H,15,16). The van der Waals surface area contributed by atoms with Crippen molar-refractivity contribution in [1.82, 2.24) is 9.97 Å². The lowest BCUT2D eigenvalue weighted by Crippen LogP contribution is -1.71. The molecule has 1 N–H and O–H groups in total. The fourth-order valence-electron chi connectivity index (χ4n) is 1.73. The lowest BCUT2D eigenvalue weighted by Gasteiger charge is -1.86. The van der Waals surface area contributed by atoms with Crippen molar-refractivity contribution in [3.05, 3.63) is 46.2 Å². The van der Waals surface area contributed by atoms with Crippen LogP contribution in [-0.4, -0.2) is 9.97 Å². The molecule has 0 aliphatic carbocycles. The fraction of sp³-hybridized carbons (Fsp3) is 0.154. The maximum Gasteiger partial charge on any atom is 0.247 e. The lowest BCUT2D eigenvalue weighted by molar-refractivity contribution is 0.956. The first-order valence-electron chi connectivity index (χ1n) is 5.69. The molecule has 2 aromatic heterocycles. The molecular weight excluding hydrogens is 244 g/mol. The van der Waals surface area contributed by atoms with Crippen molar-refractivity contribution in [2.75, 3.05) is 0 Å². The molecule has 0 saturated carbocycles. The molecule has 0 bridgehead atoms. The summed E-state index contributed by atoms with van der Waals surface area (Å²) >= 11 is 1.74. The highest BCUT2D eigenvalue weighted by molar-refractivity contribution is 7.11. The van der Waals surface area contributed by atoms with Gasteiger partial charge in [-0.3, -0.25) is 0 Å². The van der Waals surface area contributed by atoms with Crippen molar-refractivity contribution in [2.45, 2.75) is 13.5 Å². The summed E-state index contributed by atoms with van der Waals surface area (Å²) in [5.74, 6) is 0.560. The van der Waals surface area contributed by atoms with E-state index in [0.29, 0.717) is 12.5 Å². The topological polar surface area (TPSA) is 53.4 Å². The summed E-state index contributed by atoms with van der Waals surface area (Å²) in [5.41, 5.74) is 1.90. The summed E-state index contributed by atoms with van der Waals surface area (Å²) in [5, 5.41) is 8.28. The molecule has 1 aromatic carbocycles. The maximum atomic E-state index is 4.34. The number of nitrogens with one attached hydrogen (secondary N) is 1. The summed E-state index contributed by atoms with van der Waals surface area (Å²) in [4.78, 5) is 9.97. The molecule has 0 unspecified atom stereocenters. The van der Waals surface area contributed by atoms with Crippen LogP contribution in [0.2, 0.25) is 0 Å². The molecule has 0 saturated heterocycles. The van der Waals surface area contributed by atoms with Crippen LogP contribution >= 0.6 is 11.3 Å². The quantitative estimate of drug-likeness (QED) is 0.701. The molecule has 0 radical (unpaired) electrons. The Kier molecular flexibility index (Phi) is 2.90. The molecule has 18 heavy (non-hydrogen) atoms. The number of aryl methyl sites for hydroxylation is 1. The van der Waals surface area contributed by atoms with Gasteiger partial charge >= 0.3 is 0 Å². The Bertz CT molecular complexity index is 663. The number of fused-ring (bicyclic) bond motifs is 1. The first kappa shape index (κ1) is 11.1. The summed E-state index contributed by atoms with van der Waals surface area (Å²) in [6.07, 6.45) is 0. The summed E-state index contributed by atoms with van der Waals surface area (Å²) in [6, 6.07) is 12.0. The van der Waals surface area contributed by atoms with Crippen LogP contribution in [-0.2, 0) is 6.54 Å². The monoisotopic (exact) mass is 256 g/mol. The van der Waals surface area contributed by atoms with Crippen LogP contribution in [0.1, 0.15) is 9.75 Å². The number of para-hydroxylation sites is 2. The predicted octanol–water partition coefficient (Wildman–Crippen LogP) is 4.22. The van der Waals surface area contributed by atoms with E-state index in [9.17, 15) is 0 Å². The number of hydrogen-bond donors (Lipinski definition) is 1. The molecule has 0 aliphatic rings. The predicted molar refractivity (Wildman–Crippen MR) is 73.4 cm³/mol. The van der Waals surface area contributed by atoms with Crippen LogP contribution in [0.3, 0.4) is 0 Å². The van der Waals surface area contributed by atoms with E-state index in [1.165, 1.54) is 9.75 Å². The van der Waals surface area contributed by atoms with E-state index >= 15 is 0 Å². The van der Waals surface area contributed by atoms with Crippen molar-refractivity contribution >= 4 is 28.3 Å². The van der Waals surface area contributed by atoms with Gasteiger partial charge < -0.3 is 4.98 Å². The van der Waals surface area contributed by atoms with Gasteiger partial charge in [-0.15, -0.1) is 16.5 Å². The van der Waals surface area contributed by atoms with Gasteiger partial charge in [-0.1, -0.05) is 12.1 Å². The largest absolute Gasteiger partial charge is 0.321 e. The first-order chi connectivity index (χ1) is 8.81. The van der Waals surface area contributed by atoms with Crippen molar-refractivity contribution in [3.8, 4) is 0 Å². The third kappa shape index (κ3) is 2.31. The normalized spacial score (nSPS) is 11.6. The van der Waals surface area contributed by atoms with Crippen molar-refractivity contribution in [2.24, 2.45) is 10.2 Å². The van der Waals surface area contributed by atoms with Gasteiger partial charge in [0.1, 0.15) is 0 Å². The zero-order valence-corrected chi connectivity index (χ0v) is 10.7. The Labute approximate surface area is 108 Å². The zero-order chi connectivity index (χ0) is 12.4. The van der Waals surface area contributed by atoms with Gasteiger partial charge in [0.15, 0.2) is 0 Å². The number of hydrogen-bond acceptors (Lipinski definition) is 4. The Hall–Kier alpha value is -2.01. The van der Waals surface area contributed by atoms with Crippen LogP contribution in [0.25, 0.3) is 11.0 Å². The molecule has 3 aromatic rings. The molecule has 5 heteroatoms. The highest BCUT2D eigenvalue weighted by atomic mass is 32.1. The van der Waals surface area contributed by atoms with E-state index in [4.69, 9.17) is 0 Å². The van der Waals surface area contributed by atoms with Gasteiger partial charge in [0.25, 0.3) is 0 Å². The van der Waals surface area contributed by atoms with Crippen LogP contribution in [0.5, 0.6) is 0 Å². The van der Waals surface area contributed by atoms with Gasteiger partial charge in [0.05, 0.1) is 17.6 Å². The average Bonchev–Trinajstić information content (AvgIpc) is 2.95. The fourth-order valence-corrected chi connectivity index (χ4v) is 2.54. The SMILES string of the molecule is Cc1ccc(CN=Nc2nc3ccccc3[nH]2)s1. The highest BCUT2D eigenvalue weighted by Gasteiger charge is 2.00. The lowest BCUT2D eigenvalue weighted by atomic mass is 10.3. The van der Waals surface area contributed by atoms with Crippen molar-refractivity contribution in [3.63, 3.8) is 0 Å². The van der Waals surface area contributed by atoms with Crippen molar-refractivity contribution in [1.29, 1.82) is 0 Å². The van der Waals surface area contributed by atoms with E-state index in [-0.39, 0.29) is 0 Å². The van der Waals surface area contributed by atoms with E-state index in [1.807, 2.05) is 24.3 Å². The summed E-state index contributed by atoms with van der Waals surface area (Å²) in [6.45, 7) is 2.69. The molecule has 0 spiro atoms. The Morgan fingerprint density at radius 1 is 1.22 bits per heavy atom. The number of imidazole rings is 1. The molecule has 90 valence electrons. The minimum Gasteiger partial charge on any atom is -0.321 e. The number of thiophene rings is 1. The summed E-state index contributed by atoms with van der Waals surface area (Å²) in [7, 11) is 0. The molecule has 0 atom stereocenters. The Morgan fingerprint density at radius 2 is 2.11 bits per heavy atom. The number of nitrogens with zero attached hydrogens (tertiary/aromatic N) is 3. The second-order valence-electron chi connectivity index (χ2n) is 3.99.